The Morgan fingerprint density at radius 1 is 1.75 bits per heavy atom. The molecule has 0 atom stereocenters. The predicted octanol–water partition coefficient (Wildman–Crippen LogP) is -0.758. The Balaban J connectivity index is 0. The first-order valence-corrected chi connectivity index (χ1v) is 2.26. The number of ether oxygens (including phenoxy) is 1. The van der Waals surface area contributed by atoms with Crippen molar-refractivity contribution >= 4 is 5.97 Å². The zero-order valence-corrected chi connectivity index (χ0v) is 5.44. The average molecular weight is 119 g/mol. The number of rotatable bonds is 2. The molecule has 8 heavy (non-hydrogen) atoms. The molecule has 50 valence electrons. The van der Waals surface area contributed by atoms with Crippen LogP contribution in [0.15, 0.2) is 0 Å². The molecule has 3 N–H and O–H groups in total. The number of carbonyl (C=O) groups is 1. The van der Waals surface area contributed by atoms with Crippen molar-refractivity contribution in [2.45, 2.75) is 6.92 Å². The van der Waals surface area contributed by atoms with Crippen LogP contribution in [-0.4, -0.2) is 19.1 Å². The molecule has 0 aromatic rings. The molecular formula is C5H13NO2. The van der Waals surface area contributed by atoms with Crippen molar-refractivity contribution in [3.63, 3.8) is 0 Å². The Morgan fingerprint density at radius 3 is 2.38 bits per heavy atom. The first-order valence-electron chi connectivity index (χ1n) is 2.26. The van der Waals surface area contributed by atoms with E-state index in [1.165, 1.54) is 0 Å². The summed E-state index contributed by atoms with van der Waals surface area (Å²) < 4.78 is 4.49. The summed E-state index contributed by atoms with van der Waals surface area (Å²) >= 11 is 0. The minimum atomic E-state index is -0.234. The summed E-state index contributed by atoms with van der Waals surface area (Å²) in [5.74, 6) is -0.234. The van der Waals surface area contributed by atoms with E-state index in [0.717, 1.165) is 0 Å². The molecule has 0 radical (unpaired) electrons. The van der Waals surface area contributed by atoms with Crippen molar-refractivity contribution in [2.75, 3.05) is 13.2 Å². The van der Waals surface area contributed by atoms with Gasteiger partial charge in [0.25, 0.3) is 0 Å². The maximum absolute atomic E-state index is 10.1. The second-order valence-electron chi connectivity index (χ2n) is 1.06. The van der Waals surface area contributed by atoms with Gasteiger partial charge < -0.3 is 17.9 Å². The van der Waals surface area contributed by atoms with Crippen molar-refractivity contribution < 1.29 is 15.3 Å². The van der Waals surface area contributed by atoms with Crippen molar-refractivity contribution in [1.29, 1.82) is 0 Å². The Hall–Kier alpha value is -0.570. The molecular weight excluding hydrogens is 106 g/mol. The third-order valence-corrected chi connectivity index (χ3v) is 0.509. The highest BCUT2D eigenvalue weighted by atomic mass is 16.5. The lowest BCUT2D eigenvalue weighted by molar-refractivity contribution is -0.359. The SMILES string of the molecule is CCOC(=O)C[NH3+].[CH3-]. The van der Waals surface area contributed by atoms with Crippen molar-refractivity contribution in [1.82, 2.24) is 0 Å². The lowest BCUT2D eigenvalue weighted by Crippen LogP contribution is -2.54. The molecule has 0 aliphatic rings. The lowest BCUT2D eigenvalue weighted by Gasteiger charge is -1.92. The number of hydrogen-bond donors (Lipinski definition) is 1. The van der Waals surface area contributed by atoms with Crippen molar-refractivity contribution in [2.24, 2.45) is 0 Å². The second-order valence-corrected chi connectivity index (χ2v) is 1.06. The summed E-state index contributed by atoms with van der Waals surface area (Å²) in [6.07, 6.45) is 0. The second kappa shape index (κ2) is 6.43. The van der Waals surface area contributed by atoms with E-state index in [2.05, 4.69) is 10.5 Å². The van der Waals surface area contributed by atoms with Gasteiger partial charge in [0.1, 0.15) is 0 Å². The van der Waals surface area contributed by atoms with Crippen LogP contribution in [0.25, 0.3) is 0 Å². The summed E-state index contributed by atoms with van der Waals surface area (Å²) in [6.45, 7) is 2.45. The summed E-state index contributed by atoms with van der Waals surface area (Å²) in [5.41, 5.74) is 3.33. The van der Waals surface area contributed by atoms with E-state index >= 15 is 0 Å². The molecule has 0 rings (SSSR count). The quantitative estimate of drug-likeness (QED) is 0.384. The van der Waals surface area contributed by atoms with Gasteiger partial charge in [-0.2, -0.15) is 0 Å². The van der Waals surface area contributed by atoms with Crippen LogP contribution in [0.2, 0.25) is 0 Å². The van der Waals surface area contributed by atoms with Crippen LogP contribution < -0.4 is 5.73 Å². The number of carbonyl (C=O) groups excluding carboxylic acids is 1. The first kappa shape index (κ1) is 10.4. The molecule has 0 fully saturated rings. The Bertz CT molecular complexity index is 63.4. The molecule has 0 amide bonds. The largest absolute Gasteiger partial charge is 0.462 e. The van der Waals surface area contributed by atoms with Crippen LogP contribution >= 0.6 is 0 Å². The summed E-state index contributed by atoms with van der Waals surface area (Å²) in [5, 5.41) is 0. The van der Waals surface area contributed by atoms with Crippen molar-refractivity contribution in [3.8, 4) is 0 Å². The van der Waals surface area contributed by atoms with Crippen LogP contribution in [-0.2, 0) is 9.53 Å². The highest BCUT2D eigenvalue weighted by molar-refractivity contribution is 5.69. The number of hydrogen-bond acceptors (Lipinski definition) is 2. The molecule has 0 aliphatic carbocycles. The fourth-order valence-corrected chi connectivity index (χ4v) is 0.233. The molecule has 0 unspecified atom stereocenters. The van der Waals surface area contributed by atoms with Crippen LogP contribution in [0.1, 0.15) is 6.92 Å². The van der Waals surface area contributed by atoms with Gasteiger partial charge in [0.2, 0.25) is 0 Å². The van der Waals surface area contributed by atoms with Gasteiger partial charge in [-0.1, -0.05) is 0 Å². The van der Waals surface area contributed by atoms with Gasteiger partial charge in [0.05, 0.1) is 6.61 Å². The number of quaternary nitrogens is 1. The third kappa shape index (κ3) is 5.43. The van der Waals surface area contributed by atoms with Gasteiger partial charge in [-0.25, -0.2) is 4.79 Å². The smallest absolute Gasteiger partial charge is 0.361 e. The monoisotopic (exact) mass is 119 g/mol. The Morgan fingerprint density at radius 2 is 2.25 bits per heavy atom. The van der Waals surface area contributed by atoms with Gasteiger partial charge >= 0.3 is 5.97 Å². The van der Waals surface area contributed by atoms with E-state index in [1.54, 1.807) is 6.92 Å². The molecule has 3 heteroatoms. The molecule has 3 nitrogen and oxygen atoms in total. The molecule has 0 aromatic carbocycles. The average Bonchev–Trinajstić information content (AvgIpc) is 1.68. The molecule has 0 bridgehead atoms. The fraction of sp³-hybridized carbons (Fsp3) is 0.600. The van der Waals surface area contributed by atoms with Crippen molar-refractivity contribution in [3.05, 3.63) is 7.43 Å². The van der Waals surface area contributed by atoms with E-state index in [0.29, 0.717) is 6.61 Å². The van der Waals surface area contributed by atoms with Gasteiger partial charge in [-0.3, -0.25) is 0 Å². The third-order valence-electron chi connectivity index (χ3n) is 0.509. The van der Waals surface area contributed by atoms with Crippen LogP contribution in [0.4, 0.5) is 0 Å². The molecule has 0 saturated carbocycles. The zero-order chi connectivity index (χ0) is 5.70. The highest BCUT2D eigenvalue weighted by Gasteiger charge is 1.94. The van der Waals surface area contributed by atoms with E-state index in [4.69, 9.17) is 0 Å². The summed E-state index contributed by atoms with van der Waals surface area (Å²) in [7, 11) is 0. The van der Waals surface area contributed by atoms with Crippen LogP contribution in [0, 0.1) is 7.43 Å². The number of esters is 1. The minimum Gasteiger partial charge on any atom is -0.462 e. The Kier molecular flexibility index (Phi) is 8.37. The molecule has 0 spiro atoms. The van der Waals surface area contributed by atoms with Crippen LogP contribution in [0.5, 0.6) is 0 Å². The van der Waals surface area contributed by atoms with E-state index in [1.807, 2.05) is 0 Å². The minimum absolute atomic E-state index is 0. The van der Waals surface area contributed by atoms with Gasteiger partial charge in [-0.15, -0.1) is 0 Å². The predicted molar refractivity (Wildman–Crippen MR) is 30.8 cm³/mol. The molecule has 0 saturated heterocycles. The van der Waals surface area contributed by atoms with Gasteiger partial charge in [-0.05, 0) is 6.92 Å². The fourth-order valence-electron chi connectivity index (χ4n) is 0.233. The van der Waals surface area contributed by atoms with E-state index < -0.39 is 0 Å². The van der Waals surface area contributed by atoms with E-state index in [9.17, 15) is 4.79 Å². The highest BCUT2D eigenvalue weighted by Crippen LogP contribution is 1.68. The van der Waals surface area contributed by atoms with Gasteiger partial charge in [0.15, 0.2) is 6.54 Å². The topological polar surface area (TPSA) is 53.9 Å². The summed E-state index contributed by atoms with van der Waals surface area (Å²) in [6, 6.07) is 0. The standard InChI is InChI=1S/C4H9NO2.CH3/c1-2-7-4(6)3-5;/h2-3,5H2,1H3;1H3/q;-1/p+1. The summed E-state index contributed by atoms with van der Waals surface area (Å²) in [4.78, 5) is 10.1. The Labute approximate surface area is 49.8 Å². The molecule has 0 aliphatic heterocycles. The zero-order valence-electron chi connectivity index (χ0n) is 5.44. The lowest BCUT2D eigenvalue weighted by atomic mass is 10.7. The first-order chi connectivity index (χ1) is 3.31. The van der Waals surface area contributed by atoms with Crippen LogP contribution in [0.3, 0.4) is 0 Å². The molecule has 0 heterocycles. The normalized spacial score (nSPS) is 7.25. The maximum atomic E-state index is 10.1. The van der Waals surface area contributed by atoms with E-state index in [-0.39, 0.29) is 19.9 Å². The molecule has 0 aromatic heterocycles. The van der Waals surface area contributed by atoms with Gasteiger partial charge in [0, 0.05) is 0 Å². The maximum Gasteiger partial charge on any atom is 0.361 e.